The third-order valence-corrected chi connectivity index (χ3v) is 7.77. The standard InChI is InChI=1S/C38H26N2O/c1-3-13-28(14-4-1)40(29-15-5-2-6-16-29)30-17-11-12-26(24-30)39-27-22-23-32-31-18-7-8-19-33(31)38-37(35(32)25-27)34-20-9-10-21-36(34)41-38/h1-25,39H. The molecule has 1 heterocycles. The molecule has 0 fully saturated rings. The second kappa shape index (κ2) is 9.58. The average molecular weight is 527 g/mol. The van der Waals surface area contributed by atoms with Gasteiger partial charge in [-0.25, -0.2) is 0 Å². The van der Waals surface area contributed by atoms with Crippen LogP contribution in [0.25, 0.3) is 43.5 Å². The third kappa shape index (κ3) is 3.98. The van der Waals surface area contributed by atoms with Crippen LogP contribution in [0.4, 0.5) is 28.4 Å². The number of nitrogens with one attached hydrogen (secondary N) is 1. The van der Waals surface area contributed by atoms with Gasteiger partial charge in [-0.2, -0.15) is 0 Å². The SMILES string of the molecule is c1ccc(N(c2ccccc2)c2cccc(Nc3ccc4c5ccccc5c5oc6ccccc6c5c4c3)c2)cc1. The van der Waals surface area contributed by atoms with Crippen LogP contribution in [0.1, 0.15) is 0 Å². The van der Waals surface area contributed by atoms with Gasteiger partial charge >= 0.3 is 0 Å². The van der Waals surface area contributed by atoms with Crippen molar-refractivity contribution in [3.05, 3.63) is 152 Å². The number of hydrogen-bond acceptors (Lipinski definition) is 3. The maximum absolute atomic E-state index is 6.43. The first-order valence-electron chi connectivity index (χ1n) is 13.9. The summed E-state index contributed by atoms with van der Waals surface area (Å²) in [6.07, 6.45) is 0. The zero-order valence-electron chi connectivity index (χ0n) is 22.3. The highest BCUT2D eigenvalue weighted by Crippen LogP contribution is 2.42. The Balaban J connectivity index is 1.26. The predicted octanol–water partition coefficient (Wildman–Crippen LogP) is 11.1. The van der Waals surface area contributed by atoms with Crippen molar-refractivity contribution in [1.82, 2.24) is 0 Å². The second-order valence-corrected chi connectivity index (χ2v) is 10.3. The van der Waals surface area contributed by atoms with Gasteiger partial charge in [-0.3, -0.25) is 0 Å². The summed E-state index contributed by atoms with van der Waals surface area (Å²) >= 11 is 0. The number of furan rings is 1. The van der Waals surface area contributed by atoms with E-state index in [0.29, 0.717) is 0 Å². The molecule has 0 bridgehead atoms. The molecule has 0 spiro atoms. The van der Waals surface area contributed by atoms with Crippen molar-refractivity contribution in [1.29, 1.82) is 0 Å². The van der Waals surface area contributed by atoms with E-state index in [1.165, 1.54) is 16.2 Å². The zero-order chi connectivity index (χ0) is 27.2. The van der Waals surface area contributed by atoms with Gasteiger partial charge in [-0.15, -0.1) is 0 Å². The number of rotatable bonds is 5. The molecule has 0 atom stereocenters. The van der Waals surface area contributed by atoms with Crippen molar-refractivity contribution in [2.24, 2.45) is 0 Å². The van der Waals surface area contributed by atoms with E-state index in [1.54, 1.807) is 0 Å². The first kappa shape index (κ1) is 23.4. The van der Waals surface area contributed by atoms with Gasteiger partial charge in [0.05, 0.1) is 0 Å². The highest BCUT2D eigenvalue weighted by molar-refractivity contribution is 6.30. The van der Waals surface area contributed by atoms with Gasteiger partial charge in [0.1, 0.15) is 11.2 Å². The van der Waals surface area contributed by atoms with E-state index in [9.17, 15) is 0 Å². The zero-order valence-corrected chi connectivity index (χ0v) is 22.3. The van der Waals surface area contributed by atoms with Crippen LogP contribution in [0.2, 0.25) is 0 Å². The molecule has 194 valence electrons. The lowest BCUT2D eigenvalue weighted by molar-refractivity contribution is 0.673. The van der Waals surface area contributed by atoms with E-state index >= 15 is 0 Å². The summed E-state index contributed by atoms with van der Waals surface area (Å²) in [4.78, 5) is 2.28. The van der Waals surface area contributed by atoms with Gasteiger partial charge in [-0.05, 0) is 76.8 Å². The molecular weight excluding hydrogens is 500 g/mol. The van der Waals surface area contributed by atoms with E-state index in [-0.39, 0.29) is 0 Å². The Bertz CT molecular complexity index is 2140. The van der Waals surface area contributed by atoms with Gasteiger partial charge in [-0.1, -0.05) is 91.0 Å². The fourth-order valence-electron chi connectivity index (χ4n) is 5.97. The van der Waals surface area contributed by atoms with Crippen molar-refractivity contribution in [3.63, 3.8) is 0 Å². The van der Waals surface area contributed by atoms with Gasteiger partial charge in [0.15, 0.2) is 0 Å². The Hall–Kier alpha value is -5.54. The van der Waals surface area contributed by atoms with Crippen molar-refractivity contribution < 1.29 is 4.42 Å². The number of para-hydroxylation sites is 3. The van der Waals surface area contributed by atoms with Crippen LogP contribution in [-0.2, 0) is 0 Å². The smallest absolute Gasteiger partial charge is 0.143 e. The molecule has 0 aliphatic heterocycles. The molecule has 0 saturated carbocycles. The Labute approximate surface area is 237 Å². The summed E-state index contributed by atoms with van der Waals surface area (Å²) in [5.41, 5.74) is 7.21. The topological polar surface area (TPSA) is 28.4 Å². The fourth-order valence-corrected chi connectivity index (χ4v) is 5.97. The van der Waals surface area contributed by atoms with E-state index in [2.05, 4.69) is 144 Å². The van der Waals surface area contributed by atoms with Crippen molar-refractivity contribution in [3.8, 4) is 0 Å². The van der Waals surface area contributed by atoms with Crippen LogP contribution in [0.3, 0.4) is 0 Å². The molecule has 1 aromatic heterocycles. The molecule has 0 aliphatic rings. The molecule has 8 aromatic rings. The lowest BCUT2D eigenvalue weighted by Crippen LogP contribution is -2.09. The number of nitrogens with zero attached hydrogens (tertiary/aromatic N) is 1. The van der Waals surface area contributed by atoms with Crippen LogP contribution >= 0.6 is 0 Å². The molecule has 3 heteroatoms. The van der Waals surface area contributed by atoms with Crippen LogP contribution in [0.5, 0.6) is 0 Å². The molecule has 8 rings (SSSR count). The van der Waals surface area contributed by atoms with Gasteiger partial charge < -0.3 is 14.6 Å². The van der Waals surface area contributed by atoms with Gasteiger partial charge in [0, 0.05) is 44.6 Å². The third-order valence-electron chi connectivity index (χ3n) is 7.77. The molecular formula is C38H26N2O. The normalized spacial score (nSPS) is 11.4. The van der Waals surface area contributed by atoms with Gasteiger partial charge in [0.25, 0.3) is 0 Å². The Morgan fingerprint density at radius 2 is 1.00 bits per heavy atom. The number of hydrogen-bond donors (Lipinski definition) is 1. The first-order valence-corrected chi connectivity index (χ1v) is 13.9. The maximum Gasteiger partial charge on any atom is 0.143 e. The molecule has 7 aromatic carbocycles. The minimum absolute atomic E-state index is 0.910. The number of anilines is 5. The molecule has 0 unspecified atom stereocenters. The first-order chi connectivity index (χ1) is 20.3. The highest BCUT2D eigenvalue weighted by atomic mass is 16.3. The second-order valence-electron chi connectivity index (χ2n) is 10.3. The molecule has 0 radical (unpaired) electrons. The molecule has 1 N–H and O–H groups in total. The van der Waals surface area contributed by atoms with Crippen LogP contribution in [0, 0.1) is 0 Å². The van der Waals surface area contributed by atoms with Crippen molar-refractivity contribution in [2.45, 2.75) is 0 Å². The Morgan fingerprint density at radius 1 is 0.415 bits per heavy atom. The lowest BCUT2D eigenvalue weighted by Gasteiger charge is -2.26. The van der Waals surface area contributed by atoms with E-state index in [1.807, 2.05) is 18.2 Å². The largest absolute Gasteiger partial charge is 0.455 e. The summed E-state index contributed by atoms with van der Waals surface area (Å²) in [6, 6.07) is 53.0. The monoisotopic (exact) mass is 526 g/mol. The van der Waals surface area contributed by atoms with E-state index < -0.39 is 0 Å². The van der Waals surface area contributed by atoms with Crippen LogP contribution in [0.15, 0.2) is 156 Å². The molecule has 0 amide bonds. The minimum atomic E-state index is 0.910. The van der Waals surface area contributed by atoms with Crippen LogP contribution < -0.4 is 10.2 Å². The summed E-state index contributed by atoms with van der Waals surface area (Å²) in [5.74, 6) is 0. The molecule has 0 saturated heterocycles. The quantitative estimate of drug-likeness (QED) is 0.226. The van der Waals surface area contributed by atoms with E-state index in [0.717, 1.165) is 55.8 Å². The molecule has 41 heavy (non-hydrogen) atoms. The average Bonchev–Trinajstić information content (AvgIpc) is 3.43. The number of fused-ring (bicyclic) bond motifs is 8. The Kier molecular flexibility index (Phi) is 5.46. The summed E-state index contributed by atoms with van der Waals surface area (Å²) in [5, 5.41) is 10.7. The van der Waals surface area contributed by atoms with E-state index in [4.69, 9.17) is 4.42 Å². The van der Waals surface area contributed by atoms with Crippen molar-refractivity contribution in [2.75, 3.05) is 10.2 Å². The molecule has 0 aliphatic carbocycles. The van der Waals surface area contributed by atoms with Crippen molar-refractivity contribution >= 4 is 71.9 Å². The van der Waals surface area contributed by atoms with Gasteiger partial charge in [0.2, 0.25) is 0 Å². The summed E-state index contributed by atoms with van der Waals surface area (Å²) in [6.45, 7) is 0. The van der Waals surface area contributed by atoms with Crippen LogP contribution in [-0.4, -0.2) is 0 Å². The predicted molar refractivity (Wildman–Crippen MR) is 173 cm³/mol. The fraction of sp³-hybridized carbons (Fsp3) is 0. The lowest BCUT2D eigenvalue weighted by atomic mass is 9.96. The highest BCUT2D eigenvalue weighted by Gasteiger charge is 2.16. The minimum Gasteiger partial charge on any atom is -0.455 e. The summed E-state index contributed by atoms with van der Waals surface area (Å²) in [7, 11) is 0. The summed E-state index contributed by atoms with van der Waals surface area (Å²) < 4.78 is 6.43. The number of benzene rings is 7. The Morgan fingerprint density at radius 3 is 1.76 bits per heavy atom. The maximum atomic E-state index is 6.43. The molecule has 3 nitrogen and oxygen atoms in total.